The Kier molecular flexibility index (Phi) is 10.1. The zero-order valence-corrected chi connectivity index (χ0v) is 21.7. The van der Waals surface area contributed by atoms with Crippen LogP contribution in [0, 0.1) is 11.3 Å². The quantitative estimate of drug-likeness (QED) is 0.259. The summed E-state index contributed by atoms with van der Waals surface area (Å²) in [6.45, 7) is 13.3. The third kappa shape index (κ3) is 8.14. The maximum atomic E-state index is 12.8. The maximum Gasteiger partial charge on any atom is 0.338 e. The van der Waals surface area contributed by atoms with Gasteiger partial charge in [-0.3, -0.25) is 0 Å². The Morgan fingerprint density at radius 2 is 1.44 bits per heavy atom. The number of rotatable bonds is 14. The van der Waals surface area contributed by atoms with Gasteiger partial charge in [0.1, 0.15) is 11.4 Å². The van der Waals surface area contributed by atoms with E-state index in [1.54, 1.807) is 12.1 Å². The van der Waals surface area contributed by atoms with Crippen molar-refractivity contribution >= 4 is 5.97 Å². The molecule has 0 heterocycles. The van der Waals surface area contributed by atoms with E-state index in [0.29, 0.717) is 18.8 Å². The molecule has 0 aromatic heterocycles. The van der Waals surface area contributed by atoms with E-state index in [-0.39, 0.29) is 23.9 Å². The fraction of sp³-hybridized carbons (Fsp3) is 0.552. The molecule has 1 atom stereocenters. The third-order valence-corrected chi connectivity index (χ3v) is 7.03. The SMILES string of the molecule is CC(C)(OC(=O)c1ccccc1)C(COc1ccccc1)COC(C)(C)C(C)(C)CCCCO. The number of hydrogen-bond donors (Lipinski definition) is 1. The first-order valence-electron chi connectivity index (χ1n) is 12.2. The predicted molar refractivity (Wildman–Crippen MR) is 136 cm³/mol. The van der Waals surface area contributed by atoms with Gasteiger partial charge in [-0.25, -0.2) is 4.79 Å². The lowest BCUT2D eigenvalue weighted by Gasteiger charge is -2.44. The van der Waals surface area contributed by atoms with Crippen molar-refractivity contribution in [3.05, 3.63) is 66.2 Å². The van der Waals surface area contributed by atoms with E-state index in [1.165, 1.54) is 0 Å². The molecule has 0 aliphatic rings. The Morgan fingerprint density at radius 1 is 0.853 bits per heavy atom. The van der Waals surface area contributed by atoms with Crippen LogP contribution in [0.15, 0.2) is 60.7 Å². The van der Waals surface area contributed by atoms with Crippen LogP contribution in [0.3, 0.4) is 0 Å². The molecule has 0 saturated heterocycles. The summed E-state index contributed by atoms with van der Waals surface area (Å²) < 4.78 is 18.6. The number of ether oxygens (including phenoxy) is 3. The van der Waals surface area contributed by atoms with Crippen LogP contribution in [-0.2, 0) is 9.47 Å². The summed E-state index contributed by atoms with van der Waals surface area (Å²) >= 11 is 0. The monoisotopic (exact) mass is 470 g/mol. The summed E-state index contributed by atoms with van der Waals surface area (Å²) in [5.74, 6) is 0.202. The first-order chi connectivity index (χ1) is 16.0. The highest BCUT2D eigenvalue weighted by Gasteiger charge is 2.41. The Bertz CT molecular complexity index is 859. The number of carbonyl (C=O) groups excluding carboxylic acids is 1. The van der Waals surface area contributed by atoms with Crippen molar-refractivity contribution in [2.45, 2.75) is 72.0 Å². The molecule has 2 rings (SSSR count). The summed E-state index contributed by atoms with van der Waals surface area (Å²) in [5, 5.41) is 9.15. The van der Waals surface area contributed by atoms with Crippen LogP contribution in [0.2, 0.25) is 0 Å². The number of carbonyl (C=O) groups is 1. The molecule has 5 heteroatoms. The van der Waals surface area contributed by atoms with Gasteiger partial charge in [-0.1, -0.05) is 56.7 Å². The highest BCUT2D eigenvalue weighted by molar-refractivity contribution is 5.89. The number of aliphatic hydroxyl groups is 1. The zero-order chi connectivity index (χ0) is 25.2. The van der Waals surface area contributed by atoms with Crippen LogP contribution in [-0.4, -0.2) is 42.1 Å². The Hall–Kier alpha value is -2.37. The van der Waals surface area contributed by atoms with Crippen LogP contribution in [0.4, 0.5) is 0 Å². The van der Waals surface area contributed by atoms with Gasteiger partial charge in [0, 0.05) is 6.61 Å². The second-order valence-corrected chi connectivity index (χ2v) is 10.6. The van der Waals surface area contributed by atoms with E-state index in [0.717, 1.165) is 25.0 Å². The largest absolute Gasteiger partial charge is 0.493 e. The van der Waals surface area contributed by atoms with E-state index < -0.39 is 11.2 Å². The van der Waals surface area contributed by atoms with Crippen LogP contribution in [0.1, 0.15) is 71.2 Å². The molecular formula is C29H42O5. The molecule has 0 saturated carbocycles. The fourth-order valence-electron chi connectivity index (χ4n) is 3.60. The van der Waals surface area contributed by atoms with Crippen molar-refractivity contribution in [3.63, 3.8) is 0 Å². The minimum Gasteiger partial charge on any atom is -0.493 e. The number of para-hydroxylation sites is 1. The number of unbranched alkanes of at least 4 members (excludes halogenated alkanes) is 1. The second-order valence-electron chi connectivity index (χ2n) is 10.6. The molecule has 0 aliphatic heterocycles. The summed E-state index contributed by atoms with van der Waals surface area (Å²) in [5.41, 5.74) is -0.825. The Morgan fingerprint density at radius 3 is 2.03 bits per heavy atom. The van der Waals surface area contributed by atoms with Gasteiger partial charge in [-0.05, 0) is 70.2 Å². The molecule has 1 unspecified atom stereocenters. The first-order valence-corrected chi connectivity index (χ1v) is 12.2. The van der Waals surface area contributed by atoms with Gasteiger partial charge in [-0.2, -0.15) is 0 Å². The average molecular weight is 471 g/mol. The van der Waals surface area contributed by atoms with E-state index >= 15 is 0 Å². The van der Waals surface area contributed by atoms with Gasteiger partial charge in [0.05, 0.1) is 30.3 Å². The standard InChI is InChI=1S/C29H42O5/c1-27(2,19-13-14-20-30)29(5,6)33-22-24(21-32-25-17-11-8-12-18-25)28(3,4)34-26(31)23-15-9-7-10-16-23/h7-12,15-18,24,30H,13-14,19-22H2,1-6H3. The first kappa shape index (κ1) is 27.9. The lowest BCUT2D eigenvalue weighted by molar-refractivity contribution is -0.140. The Balaban J connectivity index is 2.15. The Labute approximate surface area is 205 Å². The molecule has 0 spiro atoms. The number of aliphatic hydroxyl groups excluding tert-OH is 1. The van der Waals surface area contributed by atoms with Crippen LogP contribution < -0.4 is 4.74 Å². The molecule has 2 aromatic rings. The zero-order valence-electron chi connectivity index (χ0n) is 21.7. The number of benzene rings is 2. The molecule has 1 N–H and O–H groups in total. The van der Waals surface area contributed by atoms with Crippen molar-refractivity contribution in [1.29, 1.82) is 0 Å². The fourth-order valence-corrected chi connectivity index (χ4v) is 3.60. The molecule has 0 amide bonds. The average Bonchev–Trinajstić information content (AvgIpc) is 2.79. The van der Waals surface area contributed by atoms with E-state index in [4.69, 9.17) is 19.3 Å². The molecule has 2 aromatic carbocycles. The van der Waals surface area contributed by atoms with Crippen molar-refractivity contribution in [1.82, 2.24) is 0 Å². The van der Waals surface area contributed by atoms with Crippen LogP contribution in [0.25, 0.3) is 0 Å². The molecule has 0 radical (unpaired) electrons. The molecule has 188 valence electrons. The molecule has 0 aliphatic carbocycles. The minimum atomic E-state index is -0.821. The molecule has 0 fully saturated rings. The van der Waals surface area contributed by atoms with Gasteiger partial charge in [-0.15, -0.1) is 0 Å². The normalized spacial score (nSPS) is 13.4. The van der Waals surface area contributed by atoms with Crippen LogP contribution >= 0.6 is 0 Å². The van der Waals surface area contributed by atoms with E-state index in [2.05, 4.69) is 27.7 Å². The van der Waals surface area contributed by atoms with Crippen molar-refractivity contribution in [3.8, 4) is 5.75 Å². The van der Waals surface area contributed by atoms with Crippen molar-refractivity contribution in [2.75, 3.05) is 19.8 Å². The highest BCUT2D eigenvalue weighted by Crippen LogP contribution is 2.39. The minimum absolute atomic E-state index is 0.0993. The van der Waals surface area contributed by atoms with Gasteiger partial charge < -0.3 is 19.3 Å². The number of esters is 1. The predicted octanol–water partition coefficient (Wildman–Crippen LogP) is 6.30. The van der Waals surface area contributed by atoms with Crippen molar-refractivity contribution < 1.29 is 24.1 Å². The molecule has 5 nitrogen and oxygen atoms in total. The van der Waals surface area contributed by atoms with Gasteiger partial charge in [0.15, 0.2) is 0 Å². The summed E-state index contributed by atoms with van der Waals surface area (Å²) in [7, 11) is 0. The topological polar surface area (TPSA) is 65.0 Å². The van der Waals surface area contributed by atoms with Gasteiger partial charge in [0.25, 0.3) is 0 Å². The lowest BCUT2D eigenvalue weighted by Crippen LogP contribution is -2.47. The van der Waals surface area contributed by atoms with Gasteiger partial charge in [0.2, 0.25) is 0 Å². The summed E-state index contributed by atoms with van der Waals surface area (Å²) in [6.07, 6.45) is 2.67. The number of hydrogen-bond acceptors (Lipinski definition) is 5. The molecular weight excluding hydrogens is 428 g/mol. The van der Waals surface area contributed by atoms with E-state index in [1.807, 2.05) is 62.4 Å². The van der Waals surface area contributed by atoms with Crippen molar-refractivity contribution in [2.24, 2.45) is 11.3 Å². The summed E-state index contributed by atoms with van der Waals surface area (Å²) in [4.78, 5) is 12.8. The smallest absolute Gasteiger partial charge is 0.338 e. The maximum absolute atomic E-state index is 12.8. The summed E-state index contributed by atoms with van der Waals surface area (Å²) in [6, 6.07) is 18.7. The third-order valence-electron chi connectivity index (χ3n) is 7.03. The van der Waals surface area contributed by atoms with Gasteiger partial charge >= 0.3 is 5.97 Å². The van der Waals surface area contributed by atoms with E-state index in [9.17, 15) is 4.79 Å². The second kappa shape index (κ2) is 12.4. The lowest BCUT2D eigenvalue weighted by atomic mass is 9.73. The highest BCUT2D eigenvalue weighted by atomic mass is 16.6. The molecule has 0 bridgehead atoms. The molecule has 34 heavy (non-hydrogen) atoms. The van der Waals surface area contributed by atoms with Crippen LogP contribution in [0.5, 0.6) is 5.75 Å².